The zero-order valence-corrected chi connectivity index (χ0v) is 10.2. The number of hydrogen-bond acceptors (Lipinski definition) is 4. The van der Waals surface area contributed by atoms with Crippen molar-refractivity contribution < 1.29 is 4.79 Å². The fourth-order valence-electron chi connectivity index (χ4n) is 1.48. The van der Waals surface area contributed by atoms with E-state index < -0.39 is 0 Å². The van der Waals surface area contributed by atoms with Crippen molar-refractivity contribution in [2.24, 2.45) is 5.73 Å². The molecule has 1 saturated heterocycles. The lowest BCUT2D eigenvalue weighted by molar-refractivity contribution is -0.122. The standard InChI is InChI=1S/C10H21N3OS/c1-2-9(11)10(14)12-3-4-13-5-7-15-8-6-13/h9H,2-8,11H2,1H3,(H,12,14). The molecule has 0 aromatic heterocycles. The Kier molecular flexibility index (Phi) is 6.05. The molecule has 0 saturated carbocycles. The summed E-state index contributed by atoms with van der Waals surface area (Å²) in [5.41, 5.74) is 5.61. The Labute approximate surface area is 96.0 Å². The molecule has 1 aliphatic heterocycles. The second-order valence-corrected chi connectivity index (χ2v) is 4.98. The summed E-state index contributed by atoms with van der Waals surface area (Å²) < 4.78 is 0. The normalized spacial score (nSPS) is 19.9. The molecule has 0 aromatic rings. The third kappa shape index (κ3) is 4.86. The maximum atomic E-state index is 11.4. The predicted octanol–water partition coefficient (Wildman–Crippen LogP) is -0.111. The van der Waals surface area contributed by atoms with Crippen molar-refractivity contribution in [1.82, 2.24) is 10.2 Å². The van der Waals surface area contributed by atoms with Crippen molar-refractivity contribution in [2.75, 3.05) is 37.7 Å². The average molecular weight is 231 g/mol. The van der Waals surface area contributed by atoms with Gasteiger partial charge < -0.3 is 11.1 Å². The Morgan fingerprint density at radius 3 is 2.80 bits per heavy atom. The first-order chi connectivity index (χ1) is 7.24. The first kappa shape index (κ1) is 12.8. The first-order valence-electron chi connectivity index (χ1n) is 5.57. The van der Waals surface area contributed by atoms with E-state index in [1.165, 1.54) is 11.5 Å². The number of nitrogens with two attached hydrogens (primary N) is 1. The minimum atomic E-state index is -0.345. The molecule has 0 spiro atoms. The lowest BCUT2D eigenvalue weighted by atomic mass is 10.2. The lowest BCUT2D eigenvalue weighted by Gasteiger charge is -2.26. The van der Waals surface area contributed by atoms with Gasteiger partial charge in [-0.3, -0.25) is 9.69 Å². The van der Waals surface area contributed by atoms with Crippen molar-refractivity contribution >= 4 is 17.7 Å². The second-order valence-electron chi connectivity index (χ2n) is 3.76. The number of amides is 1. The van der Waals surface area contributed by atoms with E-state index in [1.807, 2.05) is 18.7 Å². The Bertz CT molecular complexity index is 195. The van der Waals surface area contributed by atoms with Crippen molar-refractivity contribution in [3.63, 3.8) is 0 Å². The maximum Gasteiger partial charge on any atom is 0.236 e. The highest BCUT2D eigenvalue weighted by Crippen LogP contribution is 2.07. The van der Waals surface area contributed by atoms with E-state index in [2.05, 4.69) is 10.2 Å². The van der Waals surface area contributed by atoms with Crippen LogP contribution in [-0.4, -0.2) is 54.5 Å². The van der Waals surface area contributed by atoms with E-state index in [4.69, 9.17) is 5.73 Å². The van der Waals surface area contributed by atoms with E-state index in [1.54, 1.807) is 0 Å². The fraction of sp³-hybridized carbons (Fsp3) is 0.900. The van der Waals surface area contributed by atoms with E-state index in [-0.39, 0.29) is 11.9 Å². The van der Waals surface area contributed by atoms with Crippen LogP contribution in [0, 0.1) is 0 Å². The summed E-state index contributed by atoms with van der Waals surface area (Å²) in [6, 6.07) is -0.345. The van der Waals surface area contributed by atoms with Crippen LogP contribution in [0.2, 0.25) is 0 Å². The molecule has 0 radical (unpaired) electrons. The van der Waals surface area contributed by atoms with E-state index >= 15 is 0 Å². The fourth-order valence-corrected chi connectivity index (χ4v) is 2.46. The number of carbonyl (C=O) groups excluding carboxylic acids is 1. The number of thioether (sulfide) groups is 1. The van der Waals surface area contributed by atoms with Crippen LogP contribution in [0.5, 0.6) is 0 Å². The summed E-state index contributed by atoms with van der Waals surface area (Å²) in [4.78, 5) is 13.7. The topological polar surface area (TPSA) is 58.4 Å². The SMILES string of the molecule is CCC(N)C(=O)NCCN1CCSCC1. The summed E-state index contributed by atoms with van der Waals surface area (Å²) in [6.45, 7) is 5.87. The van der Waals surface area contributed by atoms with Crippen LogP contribution in [0.4, 0.5) is 0 Å². The maximum absolute atomic E-state index is 11.4. The number of rotatable bonds is 5. The Morgan fingerprint density at radius 2 is 2.20 bits per heavy atom. The van der Waals surface area contributed by atoms with Gasteiger partial charge in [-0.05, 0) is 6.42 Å². The average Bonchev–Trinajstić information content (AvgIpc) is 2.29. The Balaban J connectivity index is 2.07. The summed E-state index contributed by atoms with van der Waals surface area (Å²) in [7, 11) is 0. The van der Waals surface area contributed by atoms with E-state index in [0.29, 0.717) is 6.42 Å². The van der Waals surface area contributed by atoms with Gasteiger partial charge in [-0.2, -0.15) is 11.8 Å². The van der Waals surface area contributed by atoms with Crippen LogP contribution in [0.15, 0.2) is 0 Å². The molecule has 0 aliphatic carbocycles. The van der Waals surface area contributed by atoms with Crippen molar-refractivity contribution in [2.45, 2.75) is 19.4 Å². The quantitative estimate of drug-likeness (QED) is 0.693. The molecule has 1 amide bonds. The molecule has 0 bridgehead atoms. The number of nitrogens with one attached hydrogen (secondary N) is 1. The molecule has 4 nitrogen and oxygen atoms in total. The van der Waals surface area contributed by atoms with Gasteiger partial charge >= 0.3 is 0 Å². The van der Waals surface area contributed by atoms with Gasteiger partial charge in [-0.25, -0.2) is 0 Å². The van der Waals surface area contributed by atoms with E-state index in [9.17, 15) is 4.79 Å². The van der Waals surface area contributed by atoms with Gasteiger partial charge in [0.15, 0.2) is 0 Å². The van der Waals surface area contributed by atoms with Gasteiger partial charge in [0.05, 0.1) is 6.04 Å². The van der Waals surface area contributed by atoms with Gasteiger partial charge in [-0.15, -0.1) is 0 Å². The minimum absolute atomic E-state index is 0.0242. The summed E-state index contributed by atoms with van der Waals surface area (Å²) in [5, 5.41) is 2.87. The van der Waals surface area contributed by atoms with Crippen LogP contribution < -0.4 is 11.1 Å². The van der Waals surface area contributed by atoms with Gasteiger partial charge in [0.1, 0.15) is 0 Å². The predicted molar refractivity (Wildman–Crippen MR) is 65.0 cm³/mol. The minimum Gasteiger partial charge on any atom is -0.353 e. The van der Waals surface area contributed by atoms with Crippen LogP contribution in [-0.2, 0) is 4.79 Å². The lowest BCUT2D eigenvalue weighted by Crippen LogP contribution is -2.44. The molecule has 1 fully saturated rings. The molecule has 15 heavy (non-hydrogen) atoms. The molecule has 1 heterocycles. The van der Waals surface area contributed by atoms with Gasteiger partial charge in [0.2, 0.25) is 5.91 Å². The molecule has 0 aromatic carbocycles. The van der Waals surface area contributed by atoms with Gasteiger partial charge in [0.25, 0.3) is 0 Å². The first-order valence-corrected chi connectivity index (χ1v) is 6.73. The monoisotopic (exact) mass is 231 g/mol. The Hall–Kier alpha value is -0.260. The van der Waals surface area contributed by atoms with Gasteiger partial charge in [-0.1, -0.05) is 6.92 Å². The molecule has 88 valence electrons. The van der Waals surface area contributed by atoms with Crippen LogP contribution in [0.1, 0.15) is 13.3 Å². The molecule has 1 aliphatic rings. The molecule has 5 heteroatoms. The number of carbonyl (C=O) groups is 1. The number of nitrogens with zero attached hydrogens (tertiary/aromatic N) is 1. The molecule has 3 N–H and O–H groups in total. The Morgan fingerprint density at radius 1 is 1.53 bits per heavy atom. The third-order valence-corrected chi connectivity index (χ3v) is 3.55. The largest absolute Gasteiger partial charge is 0.353 e. The zero-order valence-electron chi connectivity index (χ0n) is 9.37. The van der Waals surface area contributed by atoms with Crippen molar-refractivity contribution in [1.29, 1.82) is 0 Å². The molecule has 1 atom stereocenters. The van der Waals surface area contributed by atoms with Crippen molar-refractivity contribution in [3.8, 4) is 0 Å². The number of hydrogen-bond donors (Lipinski definition) is 2. The van der Waals surface area contributed by atoms with E-state index in [0.717, 1.165) is 26.2 Å². The van der Waals surface area contributed by atoms with Crippen LogP contribution >= 0.6 is 11.8 Å². The molecule has 1 unspecified atom stereocenters. The van der Waals surface area contributed by atoms with Crippen LogP contribution in [0.3, 0.4) is 0 Å². The molecule has 1 rings (SSSR count). The highest BCUT2D eigenvalue weighted by molar-refractivity contribution is 7.99. The highest BCUT2D eigenvalue weighted by atomic mass is 32.2. The summed E-state index contributed by atoms with van der Waals surface area (Å²) >= 11 is 2.00. The highest BCUT2D eigenvalue weighted by Gasteiger charge is 2.12. The van der Waals surface area contributed by atoms with Crippen molar-refractivity contribution in [3.05, 3.63) is 0 Å². The second kappa shape index (κ2) is 7.09. The van der Waals surface area contributed by atoms with Crippen LogP contribution in [0.25, 0.3) is 0 Å². The third-order valence-electron chi connectivity index (χ3n) is 2.61. The van der Waals surface area contributed by atoms with Gasteiger partial charge in [0, 0.05) is 37.7 Å². The molecular weight excluding hydrogens is 210 g/mol. The molecular formula is C10H21N3OS. The summed E-state index contributed by atoms with van der Waals surface area (Å²) in [5.74, 6) is 2.40. The zero-order chi connectivity index (χ0) is 11.1. The summed E-state index contributed by atoms with van der Waals surface area (Å²) in [6.07, 6.45) is 0.701. The smallest absolute Gasteiger partial charge is 0.236 e.